The maximum absolute atomic E-state index is 10.9. The molecular weight excluding hydrogens is 352 g/mol. The molecule has 0 spiro atoms. The summed E-state index contributed by atoms with van der Waals surface area (Å²) in [6.45, 7) is 0.421. The van der Waals surface area contributed by atoms with Gasteiger partial charge in [0.05, 0.1) is 17.6 Å². The molecule has 2 unspecified atom stereocenters. The SMILES string of the molecule is OC(COc1ccccc1)Cn1c(C(O)c2ccccc2)nc2ccccc21. The van der Waals surface area contributed by atoms with E-state index in [-0.39, 0.29) is 13.2 Å². The molecule has 0 aliphatic heterocycles. The van der Waals surface area contributed by atoms with Gasteiger partial charge in [0.2, 0.25) is 0 Å². The Morgan fingerprint density at radius 2 is 1.46 bits per heavy atom. The molecule has 5 nitrogen and oxygen atoms in total. The Morgan fingerprint density at radius 1 is 0.821 bits per heavy atom. The van der Waals surface area contributed by atoms with E-state index in [1.807, 2.05) is 89.5 Å². The first kappa shape index (κ1) is 18.2. The van der Waals surface area contributed by atoms with Gasteiger partial charge in [0.25, 0.3) is 0 Å². The average molecular weight is 374 g/mol. The number of aliphatic hydroxyl groups is 2. The van der Waals surface area contributed by atoms with E-state index in [2.05, 4.69) is 4.98 Å². The zero-order chi connectivity index (χ0) is 19.3. The Kier molecular flexibility index (Phi) is 5.37. The van der Waals surface area contributed by atoms with Crippen molar-refractivity contribution in [2.45, 2.75) is 18.8 Å². The molecule has 142 valence electrons. The van der Waals surface area contributed by atoms with Crippen molar-refractivity contribution in [3.05, 3.63) is 96.3 Å². The van der Waals surface area contributed by atoms with Crippen molar-refractivity contribution < 1.29 is 14.9 Å². The van der Waals surface area contributed by atoms with Crippen LogP contribution in [0.2, 0.25) is 0 Å². The third-order valence-corrected chi connectivity index (χ3v) is 4.62. The predicted molar refractivity (Wildman–Crippen MR) is 108 cm³/mol. The molecule has 0 amide bonds. The number of aromatic nitrogens is 2. The lowest BCUT2D eigenvalue weighted by atomic mass is 10.1. The van der Waals surface area contributed by atoms with Gasteiger partial charge < -0.3 is 19.5 Å². The van der Waals surface area contributed by atoms with E-state index in [4.69, 9.17) is 4.74 Å². The lowest BCUT2D eigenvalue weighted by molar-refractivity contribution is 0.0902. The normalized spacial score (nSPS) is 13.4. The minimum Gasteiger partial charge on any atom is -0.491 e. The van der Waals surface area contributed by atoms with Crippen LogP contribution in [0, 0.1) is 0 Å². The van der Waals surface area contributed by atoms with E-state index in [9.17, 15) is 10.2 Å². The summed E-state index contributed by atoms with van der Waals surface area (Å²) in [5, 5.41) is 21.5. The average Bonchev–Trinajstić information content (AvgIpc) is 3.11. The number of nitrogens with zero attached hydrogens (tertiary/aromatic N) is 2. The molecule has 1 heterocycles. The molecule has 0 bridgehead atoms. The Morgan fingerprint density at radius 3 is 2.21 bits per heavy atom. The topological polar surface area (TPSA) is 67.5 Å². The van der Waals surface area contributed by atoms with Crippen LogP contribution in [0.25, 0.3) is 11.0 Å². The molecule has 4 aromatic rings. The number of ether oxygens (including phenoxy) is 1. The highest BCUT2D eigenvalue weighted by atomic mass is 16.5. The molecule has 0 saturated heterocycles. The van der Waals surface area contributed by atoms with E-state index in [0.29, 0.717) is 11.6 Å². The van der Waals surface area contributed by atoms with Gasteiger partial charge in [0.15, 0.2) is 0 Å². The molecule has 4 rings (SSSR count). The highest BCUT2D eigenvalue weighted by Gasteiger charge is 2.21. The number of hydrogen-bond donors (Lipinski definition) is 2. The summed E-state index contributed by atoms with van der Waals surface area (Å²) in [5.41, 5.74) is 2.41. The molecular formula is C23H22N2O3. The lowest BCUT2D eigenvalue weighted by Crippen LogP contribution is -2.25. The smallest absolute Gasteiger partial charge is 0.143 e. The van der Waals surface area contributed by atoms with Crippen molar-refractivity contribution in [2.24, 2.45) is 0 Å². The summed E-state index contributed by atoms with van der Waals surface area (Å²) in [7, 11) is 0. The van der Waals surface area contributed by atoms with Gasteiger partial charge >= 0.3 is 0 Å². The summed E-state index contributed by atoms with van der Waals surface area (Å²) in [4.78, 5) is 4.62. The summed E-state index contributed by atoms with van der Waals surface area (Å²) in [6, 6.07) is 26.5. The van der Waals surface area contributed by atoms with Gasteiger partial charge in [-0.25, -0.2) is 4.98 Å². The number of rotatable bonds is 7. The van der Waals surface area contributed by atoms with Crippen LogP contribution in [0.3, 0.4) is 0 Å². The largest absolute Gasteiger partial charge is 0.491 e. The second-order valence-electron chi connectivity index (χ2n) is 6.66. The molecule has 0 saturated carbocycles. The quantitative estimate of drug-likeness (QED) is 0.519. The first-order valence-electron chi connectivity index (χ1n) is 9.26. The fourth-order valence-electron chi connectivity index (χ4n) is 3.25. The van der Waals surface area contributed by atoms with Crippen LogP contribution in [0.15, 0.2) is 84.9 Å². The van der Waals surface area contributed by atoms with Gasteiger partial charge in [0.1, 0.15) is 30.4 Å². The van der Waals surface area contributed by atoms with Crippen molar-refractivity contribution in [3.63, 3.8) is 0 Å². The first-order chi connectivity index (χ1) is 13.7. The van der Waals surface area contributed by atoms with E-state index >= 15 is 0 Å². The summed E-state index contributed by atoms with van der Waals surface area (Å²) >= 11 is 0. The van der Waals surface area contributed by atoms with Crippen molar-refractivity contribution in [2.75, 3.05) is 6.61 Å². The summed E-state index contributed by atoms with van der Waals surface area (Å²) < 4.78 is 7.53. The van der Waals surface area contributed by atoms with Crippen molar-refractivity contribution in [1.29, 1.82) is 0 Å². The zero-order valence-corrected chi connectivity index (χ0v) is 15.3. The number of para-hydroxylation sites is 3. The van der Waals surface area contributed by atoms with Gasteiger partial charge in [-0.05, 0) is 29.8 Å². The Labute approximate surface area is 163 Å². The number of hydrogen-bond acceptors (Lipinski definition) is 4. The molecule has 0 fully saturated rings. The van der Waals surface area contributed by atoms with Crippen LogP contribution < -0.4 is 4.74 Å². The van der Waals surface area contributed by atoms with Gasteiger partial charge in [0, 0.05) is 0 Å². The van der Waals surface area contributed by atoms with Gasteiger partial charge in [-0.2, -0.15) is 0 Å². The highest BCUT2D eigenvalue weighted by Crippen LogP contribution is 2.26. The Bertz CT molecular complexity index is 1030. The lowest BCUT2D eigenvalue weighted by Gasteiger charge is -2.18. The molecule has 5 heteroatoms. The second kappa shape index (κ2) is 8.25. The number of aliphatic hydroxyl groups excluding tert-OH is 2. The van der Waals surface area contributed by atoms with E-state index in [1.54, 1.807) is 0 Å². The van der Waals surface area contributed by atoms with Crippen molar-refractivity contribution >= 4 is 11.0 Å². The zero-order valence-electron chi connectivity index (χ0n) is 15.3. The Hall–Kier alpha value is -3.15. The van der Waals surface area contributed by atoms with E-state index in [0.717, 1.165) is 16.6 Å². The van der Waals surface area contributed by atoms with Crippen molar-refractivity contribution in [3.8, 4) is 5.75 Å². The summed E-state index contributed by atoms with van der Waals surface area (Å²) in [5.74, 6) is 1.22. The van der Waals surface area contributed by atoms with Crippen LogP contribution in [-0.2, 0) is 6.54 Å². The van der Waals surface area contributed by atoms with Gasteiger partial charge in [-0.3, -0.25) is 0 Å². The number of fused-ring (bicyclic) bond motifs is 1. The monoisotopic (exact) mass is 374 g/mol. The highest BCUT2D eigenvalue weighted by molar-refractivity contribution is 5.76. The molecule has 2 N–H and O–H groups in total. The molecule has 2 atom stereocenters. The minimum absolute atomic E-state index is 0.150. The van der Waals surface area contributed by atoms with Crippen LogP contribution >= 0.6 is 0 Å². The van der Waals surface area contributed by atoms with Crippen LogP contribution in [0.4, 0.5) is 0 Å². The third-order valence-electron chi connectivity index (χ3n) is 4.62. The second-order valence-corrected chi connectivity index (χ2v) is 6.66. The van der Waals surface area contributed by atoms with Gasteiger partial charge in [-0.15, -0.1) is 0 Å². The molecule has 0 radical (unpaired) electrons. The van der Waals surface area contributed by atoms with Gasteiger partial charge in [-0.1, -0.05) is 60.7 Å². The maximum atomic E-state index is 10.9. The molecule has 28 heavy (non-hydrogen) atoms. The van der Waals surface area contributed by atoms with Crippen LogP contribution in [0.5, 0.6) is 5.75 Å². The molecule has 1 aromatic heterocycles. The van der Waals surface area contributed by atoms with E-state index < -0.39 is 12.2 Å². The van der Waals surface area contributed by atoms with E-state index in [1.165, 1.54) is 0 Å². The molecule has 0 aliphatic carbocycles. The Balaban J connectivity index is 1.60. The minimum atomic E-state index is -0.879. The van der Waals surface area contributed by atoms with Crippen LogP contribution in [0.1, 0.15) is 17.5 Å². The standard InChI is InChI=1S/C23H22N2O3/c26-18(16-28-19-11-5-2-6-12-19)15-25-21-14-8-7-13-20(21)24-23(25)22(27)17-9-3-1-4-10-17/h1-14,18,22,26-27H,15-16H2. The maximum Gasteiger partial charge on any atom is 0.143 e. The molecule has 3 aromatic carbocycles. The first-order valence-corrected chi connectivity index (χ1v) is 9.26. The van der Waals surface area contributed by atoms with Crippen LogP contribution in [-0.4, -0.2) is 32.5 Å². The molecule has 0 aliphatic rings. The predicted octanol–water partition coefficient (Wildman–Crippen LogP) is 3.56. The fraction of sp³-hybridized carbons (Fsp3) is 0.174. The number of benzene rings is 3. The number of imidazole rings is 1. The van der Waals surface area contributed by atoms with Crippen molar-refractivity contribution in [1.82, 2.24) is 9.55 Å². The third kappa shape index (κ3) is 3.91. The summed E-state index contributed by atoms with van der Waals surface area (Å²) in [6.07, 6.45) is -1.63. The fourth-order valence-corrected chi connectivity index (χ4v) is 3.25.